The Morgan fingerprint density at radius 2 is 2.08 bits per heavy atom. The minimum atomic E-state index is 0. The average Bonchev–Trinajstić information content (AvgIpc) is 1.96. The van der Waals surface area contributed by atoms with Crippen LogP contribution in [0, 0.1) is 6.20 Å². The van der Waals surface area contributed by atoms with Crippen molar-refractivity contribution < 1.29 is 32.7 Å². The molecule has 0 aromatic carbocycles. The Bertz CT molecular complexity index is 238. The zero-order valence-electron chi connectivity index (χ0n) is 8.02. The van der Waals surface area contributed by atoms with Crippen LogP contribution >= 0.6 is 0 Å². The summed E-state index contributed by atoms with van der Waals surface area (Å²) in [5, 5.41) is 0. The Hall–Kier alpha value is 0.124. The molecule has 0 fully saturated rings. The molecule has 1 aliphatic heterocycles. The number of likely N-dealkylation sites (N-methyl/N-ethyl adjacent to an activating group) is 1. The van der Waals surface area contributed by atoms with Crippen molar-refractivity contribution >= 4 is 0 Å². The Labute approximate surface area is 100 Å². The van der Waals surface area contributed by atoms with Gasteiger partial charge < -0.3 is 4.90 Å². The molecule has 0 spiro atoms. The monoisotopic (exact) mass is 237 g/mol. The van der Waals surface area contributed by atoms with E-state index in [-0.39, 0.29) is 32.7 Å². The third-order valence-corrected chi connectivity index (χ3v) is 1.84. The van der Waals surface area contributed by atoms with Crippen LogP contribution in [0.15, 0.2) is 29.5 Å². The summed E-state index contributed by atoms with van der Waals surface area (Å²) < 4.78 is 0. The molecule has 0 saturated heterocycles. The third kappa shape index (κ3) is 2.57. The fourth-order valence-electron chi connectivity index (χ4n) is 1.20. The van der Waals surface area contributed by atoms with E-state index in [0.717, 1.165) is 12.2 Å². The van der Waals surface area contributed by atoms with Gasteiger partial charge in [-0.3, -0.25) is 0 Å². The first-order chi connectivity index (χ1) is 5.15. The average molecular weight is 237 g/mol. The van der Waals surface area contributed by atoms with Crippen molar-refractivity contribution in [2.75, 3.05) is 6.54 Å². The van der Waals surface area contributed by atoms with Gasteiger partial charge in [-0.25, -0.2) is 0 Å². The van der Waals surface area contributed by atoms with Crippen molar-refractivity contribution in [2.24, 2.45) is 0 Å². The standard InChI is InChI=1S/C10H14N.Y/c1-5-11-7-8(2)6-9(3)10(11)4;/h6H,4-5H2,1-3H3;/q-1;. The molecule has 63 valence electrons. The summed E-state index contributed by atoms with van der Waals surface area (Å²) >= 11 is 0. The molecule has 0 aromatic heterocycles. The van der Waals surface area contributed by atoms with E-state index in [1.165, 1.54) is 11.1 Å². The second kappa shape index (κ2) is 4.98. The van der Waals surface area contributed by atoms with Gasteiger partial charge in [-0.1, -0.05) is 25.7 Å². The molecule has 0 saturated carbocycles. The first-order valence-electron chi connectivity index (χ1n) is 3.90. The van der Waals surface area contributed by atoms with Crippen LogP contribution in [0.3, 0.4) is 0 Å². The molecule has 0 aromatic rings. The van der Waals surface area contributed by atoms with Gasteiger partial charge in [0.25, 0.3) is 0 Å². The van der Waals surface area contributed by atoms with Crippen LogP contribution in [0.1, 0.15) is 20.8 Å². The van der Waals surface area contributed by atoms with E-state index in [2.05, 4.69) is 39.6 Å². The Kier molecular flexibility index (Phi) is 5.04. The molecule has 0 amide bonds. The maximum Gasteiger partial charge on any atom is 0 e. The van der Waals surface area contributed by atoms with Gasteiger partial charge in [0, 0.05) is 32.7 Å². The number of allylic oxidation sites excluding steroid dienone is 3. The molecular formula is C10H14NY-. The quantitative estimate of drug-likeness (QED) is 0.633. The molecule has 0 bridgehead atoms. The molecule has 1 rings (SSSR count). The Morgan fingerprint density at radius 1 is 1.50 bits per heavy atom. The zero-order chi connectivity index (χ0) is 8.43. The maximum absolute atomic E-state index is 3.96. The van der Waals surface area contributed by atoms with Gasteiger partial charge in [-0.15, -0.1) is 17.7 Å². The van der Waals surface area contributed by atoms with E-state index in [1.807, 2.05) is 4.90 Å². The normalized spacial score (nSPS) is 16.6. The van der Waals surface area contributed by atoms with Gasteiger partial charge in [0.05, 0.1) is 0 Å². The molecule has 1 aliphatic rings. The number of hydrogen-bond acceptors (Lipinski definition) is 1. The van der Waals surface area contributed by atoms with Crippen LogP contribution in [0.2, 0.25) is 0 Å². The number of nitrogens with zero attached hydrogens (tertiary/aromatic N) is 1. The molecule has 0 aliphatic carbocycles. The minimum absolute atomic E-state index is 0. The summed E-state index contributed by atoms with van der Waals surface area (Å²) in [7, 11) is 0. The van der Waals surface area contributed by atoms with Crippen LogP contribution in [-0.2, 0) is 32.7 Å². The van der Waals surface area contributed by atoms with Crippen molar-refractivity contribution in [3.63, 3.8) is 0 Å². The van der Waals surface area contributed by atoms with E-state index in [4.69, 9.17) is 0 Å². The molecule has 1 heterocycles. The van der Waals surface area contributed by atoms with Crippen LogP contribution in [0.4, 0.5) is 0 Å². The van der Waals surface area contributed by atoms with Crippen LogP contribution in [0.5, 0.6) is 0 Å². The SMILES string of the molecule is C=C1C(C)=CC(C)=[C-]N1CC.[Y]. The topological polar surface area (TPSA) is 3.24 Å². The van der Waals surface area contributed by atoms with Crippen LogP contribution in [0.25, 0.3) is 0 Å². The summed E-state index contributed by atoms with van der Waals surface area (Å²) in [6, 6.07) is 0. The molecule has 0 unspecified atom stereocenters. The zero-order valence-corrected chi connectivity index (χ0v) is 10.9. The van der Waals surface area contributed by atoms with E-state index in [1.54, 1.807) is 0 Å². The predicted octanol–water partition coefficient (Wildman–Crippen LogP) is 2.49. The summed E-state index contributed by atoms with van der Waals surface area (Å²) in [5.74, 6) is 0. The predicted molar refractivity (Wildman–Crippen MR) is 47.7 cm³/mol. The summed E-state index contributed by atoms with van der Waals surface area (Å²) in [6.45, 7) is 11.1. The van der Waals surface area contributed by atoms with E-state index in [0.29, 0.717) is 0 Å². The van der Waals surface area contributed by atoms with Crippen molar-refractivity contribution in [3.8, 4) is 0 Å². The van der Waals surface area contributed by atoms with Crippen molar-refractivity contribution in [1.29, 1.82) is 0 Å². The van der Waals surface area contributed by atoms with E-state index >= 15 is 0 Å². The Morgan fingerprint density at radius 3 is 2.58 bits per heavy atom. The van der Waals surface area contributed by atoms with Crippen molar-refractivity contribution in [2.45, 2.75) is 20.8 Å². The van der Waals surface area contributed by atoms with Crippen molar-refractivity contribution in [1.82, 2.24) is 4.90 Å². The second-order valence-corrected chi connectivity index (χ2v) is 2.81. The number of hydrogen-bond donors (Lipinski definition) is 0. The first-order valence-corrected chi connectivity index (χ1v) is 3.90. The maximum atomic E-state index is 3.96. The number of rotatable bonds is 1. The molecule has 2 heteroatoms. The fourth-order valence-corrected chi connectivity index (χ4v) is 1.20. The fraction of sp³-hybridized carbons (Fsp3) is 0.400. The van der Waals surface area contributed by atoms with Gasteiger partial charge in [0.15, 0.2) is 0 Å². The molecule has 0 N–H and O–H groups in total. The molecule has 12 heavy (non-hydrogen) atoms. The molecule has 1 radical (unpaired) electrons. The summed E-state index contributed by atoms with van der Waals surface area (Å²) in [4.78, 5) is 2.05. The molecular weight excluding hydrogens is 223 g/mol. The van der Waals surface area contributed by atoms with Gasteiger partial charge in [-0.05, 0) is 13.5 Å². The second-order valence-electron chi connectivity index (χ2n) is 2.81. The largest absolute Gasteiger partial charge is 0.456 e. The molecule has 1 nitrogen and oxygen atoms in total. The molecule has 0 atom stereocenters. The van der Waals surface area contributed by atoms with Gasteiger partial charge >= 0.3 is 0 Å². The van der Waals surface area contributed by atoms with Gasteiger partial charge in [0.1, 0.15) is 0 Å². The summed E-state index contributed by atoms with van der Waals surface area (Å²) in [6.07, 6.45) is 5.33. The smallest absolute Gasteiger partial charge is 0 e. The summed E-state index contributed by atoms with van der Waals surface area (Å²) in [5.41, 5.74) is 3.48. The van der Waals surface area contributed by atoms with Crippen LogP contribution in [-0.4, -0.2) is 11.4 Å². The van der Waals surface area contributed by atoms with Crippen molar-refractivity contribution in [3.05, 3.63) is 35.7 Å². The first kappa shape index (κ1) is 12.1. The van der Waals surface area contributed by atoms with Gasteiger partial charge in [0.2, 0.25) is 0 Å². The minimum Gasteiger partial charge on any atom is -0.456 e. The van der Waals surface area contributed by atoms with E-state index in [9.17, 15) is 0 Å². The Balaban J connectivity index is 0.00000121. The van der Waals surface area contributed by atoms with E-state index < -0.39 is 0 Å². The van der Waals surface area contributed by atoms with Gasteiger partial charge in [-0.2, -0.15) is 6.08 Å². The van der Waals surface area contributed by atoms with Crippen LogP contribution < -0.4 is 0 Å². The third-order valence-electron chi connectivity index (χ3n) is 1.84.